The SMILES string of the molecule is Cc1ccc(OS(=O)(=O)c2ccc3c(c2)C(=Cc2ccccc2)c2cc(S(=O)(=O)Oc4ccc(C)cc4)ccc2-3)cc1. The molecule has 8 heteroatoms. The molecule has 5 aromatic rings. The van der Waals surface area contributed by atoms with Gasteiger partial charge >= 0.3 is 20.2 Å². The second-order valence-electron chi connectivity index (χ2n) is 10.1. The molecule has 0 fully saturated rings. The molecule has 1 aliphatic carbocycles. The number of benzene rings is 5. The van der Waals surface area contributed by atoms with E-state index >= 15 is 0 Å². The van der Waals surface area contributed by atoms with Gasteiger partial charge in [-0.25, -0.2) is 0 Å². The van der Waals surface area contributed by atoms with E-state index < -0.39 is 20.2 Å². The summed E-state index contributed by atoms with van der Waals surface area (Å²) < 4.78 is 63.9. The number of rotatable bonds is 7. The van der Waals surface area contributed by atoms with E-state index in [2.05, 4.69) is 0 Å². The molecule has 0 saturated heterocycles. The van der Waals surface area contributed by atoms with Gasteiger partial charge in [0.15, 0.2) is 0 Å². The monoisotopic (exact) mass is 594 g/mol. The molecule has 0 bridgehead atoms. The van der Waals surface area contributed by atoms with E-state index in [4.69, 9.17) is 8.37 Å². The highest BCUT2D eigenvalue weighted by atomic mass is 32.2. The maximum atomic E-state index is 13.3. The van der Waals surface area contributed by atoms with Crippen molar-refractivity contribution in [2.45, 2.75) is 23.6 Å². The van der Waals surface area contributed by atoms with E-state index in [1.807, 2.05) is 50.3 Å². The minimum absolute atomic E-state index is 0.0101. The smallest absolute Gasteiger partial charge is 0.339 e. The largest absolute Gasteiger partial charge is 0.379 e. The number of hydrogen-bond acceptors (Lipinski definition) is 6. The van der Waals surface area contributed by atoms with Crippen LogP contribution in [0.3, 0.4) is 0 Å². The Balaban J connectivity index is 1.43. The molecule has 0 heterocycles. The molecule has 0 radical (unpaired) electrons. The van der Waals surface area contributed by atoms with Crippen LogP contribution in [0.1, 0.15) is 27.8 Å². The van der Waals surface area contributed by atoms with Crippen molar-refractivity contribution < 1.29 is 25.2 Å². The highest BCUT2D eigenvalue weighted by Gasteiger charge is 2.29. The molecule has 42 heavy (non-hydrogen) atoms. The molecule has 0 saturated carbocycles. The van der Waals surface area contributed by atoms with Gasteiger partial charge in [-0.1, -0.05) is 77.9 Å². The van der Waals surface area contributed by atoms with Gasteiger partial charge in [0.25, 0.3) is 0 Å². The molecule has 0 aliphatic heterocycles. The first-order valence-electron chi connectivity index (χ1n) is 13.2. The van der Waals surface area contributed by atoms with Crippen molar-refractivity contribution in [1.82, 2.24) is 0 Å². The Bertz CT molecular complexity index is 1920. The molecular formula is C34H26O6S2. The van der Waals surface area contributed by atoms with E-state index in [0.717, 1.165) is 27.8 Å². The summed E-state index contributed by atoms with van der Waals surface area (Å²) in [5.74, 6) is 0.431. The van der Waals surface area contributed by atoms with E-state index in [1.165, 1.54) is 12.1 Å². The lowest BCUT2D eigenvalue weighted by atomic mass is 10.0. The van der Waals surface area contributed by atoms with Crippen molar-refractivity contribution >= 4 is 31.9 Å². The summed E-state index contributed by atoms with van der Waals surface area (Å²) in [7, 11) is -8.29. The quantitative estimate of drug-likeness (QED) is 0.179. The molecule has 0 spiro atoms. The van der Waals surface area contributed by atoms with Crippen molar-refractivity contribution in [2.24, 2.45) is 0 Å². The molecule has 5 aromatic carbocycles. The fraction of sp³-hybridized carbons (Fsp3) is 0.0588. The normalized spacial score (nSPS) is 12.4. The van der Waals surface area contributed by atoms with Crippen LogP contribution in [0.15, 0.2) is 125 Å². The lowest BCUT2D eigenvalue weighted by Crippen LogP contribution is -2.10. The molecular weight excluding hydrogens is 569 g/mol. The first-order chi connectivity index (χ1) is 20.1. The second kappa shape index (κ2) is 10.6. The topological polar surface area (TPSA) is 86.7 Å². The average Bonchev–Trinajstić information content (AvgIpc) is 3.28. The predicted molar refractivity (Wildman–Crippen MR) is 163 cm³/mol. The summed E-state index contributed by atoms with van der Waals surface area (Å²) in [5.41, 5.74) is 6.39. The van der Waals surface area contributed by atoms with Crippen LogP contribution in [-0.4, -0.2) is 16.8 Å². The third-order valence-electron chi connectivity index (χ3n) is 6.99. The molecule has 6 nitrogen and oxygen atoms in total. The lowest BCUT2D eigenvalue weighted by Gasteiger charge is -2.10. The van der Waals surface area contributed by atoms with Gasteiger partial charge in [0.2, 0.25) is 0 Å². The number of hydrogen-bond donors (Lipinski definition) is 0. The van der Waals surface area contributed by atoms with Crippen LogP contribution in [0.4, 0.5) is 0 Å². The zero-order valence-electron chi connectivity index (χ0n) is 22.8. The summed E-state index contributed by atoms with van der Waals surface area (Å²) in [6.07, 6.45) is 1.92. The van der Waals surface area contributed by atoms with E-state index in [-0.39, 0.29) is 21.3 Å². The molecule has 0 unspecified atom stereocenters. The van der Waals surface area contributed by atoms with Crippen molar-refractivity contribution in [3.8, 4) is 22.6 Å². The minimum atomic E-state index is -4.14. The summed E-state index contributed by atoms with van der Waals surface area (Å²) in [6.45, 7) is 3.81. The Labute approximate surface area is 245 Å². The second-order valence-corrected chi connectivity index (χ2v) is 13.2. The van der Waals surface area contributed by atoms with E-state index in [0.29, 0.717) is 16.7 Å². The van der Waals surface area contributed by atoms with Crippen molar-refractivity contribution in [1.29, 1.82) is 0 Å². The van der Waals surface area contributed by atoms with Crippen LogP contribution in [0.2, 0.25) is 0 Å². The van der Waals surface area contributed by atoms with Crippen LogP contribution in [0.25, 0.3) is 22.8 Å². The summed E-state index contributed by atoms with van der Waals surface area (Å²) >= 11 is 0. The molecule has 0 aromatic heterocycles. The summed E-state index contributed by atoms with van der Waals surface area (Å²) in [4.78, 5) is -0.0201. The first kappa shape index (κ1) is 27.5. The molecule has 0 atom stereocenters. The van der Waals surface area contributed by atoms with Crippen molar-refractivity contribution in [3.63, 3.8) is 0 Å². The van der Waals surface area contributed by atoms with Crippen LogP contribution in [0, 0.1) is 13.8 Å². The predicted octanol–water partition coefficient (Wildman–Crippen LogP) is 7.41. The van der Waals surface area contributed by atoms with Crippen LogP contribution < -0.4 is 8.37 Å². The Morgan fingerprint density at radius 3 is 1.36 bits per heavy atom. The molecule has 0 amide bonds. The van der Waals surface area contributed by atoms with Crippen molar-refractivity contribution in [2.75, 3.05) is 0 Å². The maximum absolute atomic E-state index is 13.3. The van der Waals surface area contributed by atoms with Gasteiger partial charge in [-0.15, -0.1) is 0 Å². The van der Waals surface area contributed by atoms with Crippen LogP contribution in [-0.2, 0) is 20.2 Å². The van der Waals surface area contributed by atoms with Crippen LogP contribution in [0.5, 0.6) is 11.5 Å². The first-order valence-corrected chi connectivity index (χ1v) is 16.0. The third kappa shape index (κ3) is 5.46. The Hall–Kier alpha value is -4.66. The lowest BCUT2D eigenvalue weighted by molar-refractivity contribution is 0.484. The summed E-state index contributed by atoms with van der Waals surface area (Å²) in [5, 5.41) is 0. The summed E-state index contributed by atoms with van der Waals surface area (Å²) in [6, 6.07) is 32.7. The highest BCUT2D eigenvalue weighted by Crippen LogP contribution is 2.47. The molecule has 1 aliphatic rings. The van der Waals surface area contributed by atoms with Gasteiger partial charge in [-0.05, 0) is 102 Å². The minimum Gasteiger partial charge on any atom is -0.379 e. The molecule has 0 N–H and O–H groups in total. The Morgan fingerprint density at radius 1 is 0.500 bits per heavy atom. The Morgan fingerprint density at radius 2 is 0.929 bits per heavy atom. The fourth-order valence-electron chi connectivity index (χ4n) is 4.83. The van der Waals surface area contributed by atoms with Gasteiger partial charge in [-0.2, -0.15) is 16.8 Å². The van der Waals surface area contributed by atoms with E-state index in [9.17, 15) is 16.8 Å². The van der Waals surface area contributed by atoms with Gasteiger partial charge < -0.3 is 8.37 Å². The number of aryl methyl sites for hydroxylation is 2. The zero-order chi connectivity index (χ0) is 29.5. The van der Waals surface area contributed by atoms with Gasteiger partial charge in [0, 0.05) is 0 Å². The maximum Gasteiger partial charge on any atom is 0.339 e. The van der Waals surface area contributed by atoms with Gasteiger partial charge in [0.1, 0.15) is 21.3 Å². The standard InChI is InChI=1S/C34H26O6S2/c1-23-8-12-26(13-9-23)39-41(35,36)28-16-18-30-31-19-17-29(42(37,38)40-27-14-10-24(2)11-15-27)22-34(31)32(33(30)21-28)20-25-6-4-3-5-7-25/h3-22H,1-2H3. The van der Waals surface area contributed by atoms with Gasteiger partial charge in [-0.3, -0.25) is 0 Å². The molecule has 6 rings (SSSR count). The van der Waals surface area contributed by atoms with Crippen molar-refractivity contribution in [3.05, 3.63) is 143 Å². The number of fused-ring (bicyclic) bond motifs is 3. The Kier molecular flexibility index (Phi) is 6.96. The van der Waals surface area contributed by atoms with Crippen LogP contribution >= 0.6 is 0 Å². The third-order valence-corrected chi connectivity index (χ3v) is 9.48. The van der Waals surface area contributed by atoms with E-state index in [1.54, 1.807) is 72.8 Å². The molecule has 210 valence electrons. The average molecular weight is 595 g/mol. The van der Waals surface area contributed by atoms with Gasteiger partial charge in [0.05, 0.1) is 0 Å². The fourth-order valence-corrected chi connectivity index (χ4v) is 6.74. The highest BCUT2D eigenvalue weighted by molar-refractivity contribution is 7.87. The zero-order valence-corrected chi connectivity index (χ0v) is 24.4.